The molecule has 1 unspecified atom stereocenters. The van der Waals surface area contributed by atoms with Crippen LogP contribution in [0.1, 0.15) is 26.7 Å². The number of likely N-dealkylation sites (tertiary alicyclic amines) is 1. The number of hydrogen-bond donors (Lipinski definition) is 2. The molecule has 4 nitrogen and oxygen atoms in total. The average molecular weight is 213 g/mol. The Morgan fingerprint density at radius 3 is 2.60 bits per heavy atom. The largest absolute Gasteiger partial charge is 0.355 e. The molecule has 1 heterocycles. The normalized spacial score (nSPS) is 19.1. The maximum atomic E-state index is 10.6. The molecule has 1 rings (SSSR count). The molecule has 1 aliphatic heterocycles. The Hall–Kier alpha value is -0.610. The zero-order valence-corrected chi connectivity index (χ0v) is 9.88. The number of nitrogens with one attached hydrogen (secondary N) is 2. The molecule has 1 atom stereocenters. The Balaban J connectivity index is 1.97. The number of carbonyl (C=O) groups is 1. The minimum Gasteiger partial charge on any atom is -0.355 e. The third kappa shape index (κ3) is 5.74. The molecule has 1 saturated heterocycles. The van der Waals surface area contributed by atoms with E-state index in [0.29, 0.717) is 6.04 Å². The molecule has 0 radical (unpaired) electrons. The first-order valence-electron chi connectivity index (χ1n) is 5.88. The standard InChI is InChI=1S/C11H23N3O/c1-10(9-14-7-3-4-8-14)12-5-6-13-11(2)15/h10,12H,3-9H2,1-2H3,(H,13,15). The fraction of sp³-hybridized carbons (Fsp3) is 0.909. The van der Waals surface area contributed by atoms with Crippen LogP contribution in [0.25, 0.3) is 0 Å². The zero-order valence-electron chi connectivity index (χ0n) is 9.88. The minimum absolute atomic E-state index is 0.0454. The first-order chi connectivity index (χ1) is 7.18. The summed E-state index contributed by atoms with van der Waals surface area (Å²) in [6.07, 6.45) is 2.69. The zero-order chi connectivity index (χ0) is 11.1. The van der Waals surface area contributed by atoms with Crippen LogP contribution >= 0.6 is 0 Å². The van der Waals surface area contributed by atoms with Gasteiger partial charge >= 0.3 is 0 Å². The van der Waals surface area contributed by atoms with Crippen molar-refractivity contribution in [3.8, 4) is 0 Å². The molecule has 0 aromatic heterocycles. The van der Waals surface area contributed by atoms with Crippen LogP contribution in [0.15, 0.2) is 0 Å². The van der Waals surface area contributed by atoms with Crippen molar-refractivity contribution in [3.05, 3.63) is 0 Å². The molecule has 0 bridgehead atoms. The number of rotatable bonds is 6. The van der Waals surface area contributed by atoms with E-state index in [0.717, 1.165) is 19.6 Å². The Labute approximate surface area is 92.4 Å². The van der Waals surface area contributed by atoms with Gasteiger partial charge in [0, 0.05) is 32.6 Å². The summed E-state index contributed by atoms with van der Waals surface area (Å²) < 4.78 is 0. The van der Waals surface area contributed by atoms with Crippen LogP contribution in [-0.2, 0) is 4.79 Å². The van der Waals surface area contributed by atoms with Crippen molar-refractivity contribution in [1.82, 2.24) is 15.5 Å². The Morgan fingerprint density at radius 1 is 1.33 bits per heavy atom. The first-order valence-corrected chi connectivity index (χ1v) is 5.88. The van der Waals surface area contributed by atoms with E-state index in [9.17, 15) is 4.79 Å². The van der Waals surface area contributed by atoms with E-state index in [2.05, 4.69) is 22.5 Å². The van der Waals surface area contributed by atoms with Crippen LogP contribution in [0.3, 0.4) is 0 Å². The summed E-state index contributed by atoms with van der Waals surface area (Å²) in [6, 6.07) is 0.511. The van der Waals surface area contributed by atoms with Crippen LogP contribution in [0.2, 0.25) is 0 Å². The molecular weight excluding hydrogens is 190 g/mol. The van der Waals surface area contributed by atoms with E-state index < -0.39 is 0 Å². The van der Waals surface area contributed by atoms with Gasteiger partial charge < -0.3 is 15.5 Å². The molecule has 0 spiro atoms. The van der Waals surface area contributed by atoms with E-state index in [4.69, 9.17) is 0 Å². The van der Waals surface area contributed by atoms with E-state index in [1.54, 1.807) is 6.92 Å². The number of hydrogen-bond acceptors (Lipinski definition) is 3. The van der Waals surface area contributed by atoms with E-state index in [1.165, 1.54) is 25.9 Å². The molecule has 1 fully saturated rings. The maximum absolute atomic E-state index is 10.6. The topological polar surface area (TPSA) is 44.4 Å². The SMILES string of the molecule is CC(=O)NCCNC(C)CN1CCCC1. The van der Waals surface area contributed by atoms with Gasteiger partial charge in [0.05, 0.1) is 0 Å². The van der Waals surface area contributed by atoms with Crippen LogP contribution < -0.4 is 10.6 Å². The third-order valence-electron chi connectivity index (χ3n) is 2.72. The van der Waals surface area contributed by atoms with Crippen molar-refractivity contribution in [1.29, 1.82) is 0 Å². The predicted molar refractivity (Wildman–Crippen MR) is 61.8 cm³/mol. The summed E-state index contributed by atoms with van der Waals surface area (Å²) in [5, 5.41) is 6.19. The van der Waals surface area contributed by atoms with Gasteiger partial charge in [0.1, 0.15) is 0 Å². The second kappa shape index (κ2) is 6.80. The van der Waals surface area contributed by atoms with Crippen molar-refractivity contribution in [3.63, 3.8) is 0 Å². The van der Waals surface area contributed by atoms with Crippen molar-refractivity contribution in [2.45, 2.75) is 32.7 Å². The summed E-state index contributed by atoms with van der Waals surface area (Å²) in [5.74, 6) is 0.0454. The average Bonchev–Trinajstić information content (AvgIpc) is 2.64. The molecule has 0 aliphatic carbocycles. The van der Waals surface area contributed by atoms with Crippen molar-refractivity contribution in [2.24, 2.45) is 0 Å². The van der Waals surface area contributed by atoms with Crippen molar-refractivity contribution in [2.75, 3.05) is 32.7 Å². The van der Waals surface area contributed by atoms with Gasteiger partial charge in [0.15, 0.2) is 0 Å². The molecule has 88 valence electrons. The number of amides is 1. The molecular formula is C11H23N3O. The molecule has 0 saturated carbocycles. The monoisotopic (exact) mass is 213 g/mol. The van der Waals surface area contributed by atoms with Gasteiger partial charge in [-0.25, -0.2) is 0 Å². The van der Waals surface area contributed by atoms with Crippen LogP contribution in [0, 0.1) is 0 Å². The number of nitrogens with zero attached hydrogens (tertiary/aromatic N) is 1. The van der Waals surface area contributed by atoms with Gasteiger partial charge in [-0.1, -0.05) is 0 Å². The fourth-order valence-electron chi connectivity index (χ4n) is 1.97. The van der Waals surface area contributed by atoms with E-state index in [-0.39, 0.29) is 5.91 Å². The Morgan fingerprint density at radius 2 is 2.00 bits per heavy atom. The molecule has 1 aliphatic rings. The highest BCUT2D eigenvalue weighted by Gasteiger charge is 2.13. The lowest BCUT2D eigenvalue weighted by molar-refractivity contribution is -0.118. The highest BCUT2D eigenvalue weighted by molar-refractivity contribution is 5.72. The lowest BCUT2D eigenvalue weighted by atomic mass is 10.3. The van der Waals surface area contributed by atoms with Crippen molar-refractivity contribution >= 4 is 5.91 Å². The Bertz CT molecular complexity index is 190. The summed E-state index contributed by atoms with van der Waals surface area (Å²) in [5.41, 5.74) is 0. The van der Waals surface area contributed by atoms with Crippen LogP contribution in [-0.4, -0.2) is 49.6 Å². The molecule has 15 heavy (non-hydrogen) atoms. The highest BCUT2D eigenvalue weighted by atomic mass is 16.1. The van der Waals surface area contributed by atoms with Crippen molar-refractivity contribution < 1.29 is 4.79 Å². The van der Waals surface area contributed by atoms with Gasteiger partial charge in [-0.05, 0) is 32.9 Å². The van der Waals surface area contributed by atoms with Gasteiger partial charge in [0.2, 0.25) is 5.91 Å². The molecule has 0 aromatic rings. The Kier molecular flexibility index (Phi) is 5.65. The summed E-state index contributed by atoms with van der Waals surface area (Å²) in [6.45, 7) is 8.95. The second-order valence-corrected chi connectivity index (χ2v) is 4.35. The number of carbonyl (C=O) groups excluding carboxylic acids is 1. The summed E-state index contributed by atoms with van der Waals surface area (Å²) in [4.78, 5) is 13.1. The first kappa shape index (κ1) is 12.5. The lowest BCUT2D eigenvalue weighted by Gasteiger charge is -2.21. The van der Waals surface area contributed by atoms with Gasteiger partial charge in [0.25, 0.3) is 0 Å². The lowest BCUT2D eigenvalue weighted by Crippen LogP contribution is -2.41. The van der Waals surface area contributed by atoms with Gasteiger partial charge in [-0.2, -0.15) is 0 Å². The highest BCUT2D eigenvalue weighted by Crippen LogP contribution is 2.07. The van der Waals surface area contributed by atoms with Gasteiger partial charge in [-0.3, -0.25) is 4.79 Å². The second-order valence-electron chi connectivity index (χ2n) is 4.35. The smallest absolute Gasteiger partial charge is 0.216 e. The predicted octanol–water partition coefficient (Wildman–Crippen LogP) is 0.196. The molecule has 1 amide bonds. The molecule has 0 aromatic carbocycles. The minimum atomic E-state index is 0.0454. The van der Waals surface area contributed by atoms with Crippen LogP contribution in [0.4, 0.5) is 0 Å². The third-order valence-corrected chi connectivity index (χ3v) is 2.72. The molecule has 4 heteroatoms. The summed E-state index contributed by atoms with van der Waals surface area (Å²) in [7, 11) is 0. The van der Waals surface area contributed by atoms with Crippen LogP contribution in [0.5, 0.6) is 0 Å². The molecule has 2 N–H and O–H groups in total. The maximum Gasteiger partial charge on any atom is 0.216 e. The quantitative estimate of drug-likeness (QED) is 0.619. The summed E-state index contributed by atoms with van der Waals surface area (Å²) >= 11 is 0. The van der Waals surface area contributed by atoms with E-state index >= 15 is 0 Å². The fourth-order valence-corrected chi connectivity index (χ4v) is 1.97. The van der Waals surface area contributed by atoms with E-state index in [1.807, 2.05) is 0 Å². The van der Waals surface area contributed by atoms with Gasteiger partial charge in [-0.15, -0.1) is 0 Å².